The van der Waals surface area contributed by atoms with Gasteiger partial charge in [0.25, 0.3) is 5.91 Å². The largest absolute Gasteiger partial charge is 0.388 e. The summed E-state index contributed by atoms with van der Waals surface area (Å²) < 4.78 is 13.1. The molecule has 0 atom stereocenters. The van der Waals surface area contributed by atoms with E-state index in [4.69, 9.17) is 0 Å². The Morgan fingerprint density at radius 1 is 1.35 bits per heavy atom. The summed E-state index contributed by atoms with van der Waals surface area (Å²) >= 11 is 0. The Morgan fingerprint density at radius 2 is 2.15 bits per heavy atom. The van der Waals surface area contributed by atoms with Gasteiger partial charge in [0.1, 0.15) is 11.5 Å². The lowest BCUT2D eigenvalue weighted by Gasteiger charge is -2.17. The Kier molecular flexibility index (Phi) is 4.30. The summed E-state index contributed by atoms with van der Waals surface area (Å²) in [6.07, 6.45) is 1.58. The van der Waals surface area contributed by atoms with Crippen LogP contribution in [0.1, 0.15) is 16.1 Å². The van der Waals surface area contributed by atoms with Gasteiger partial charge in [0.15, 0.2) is 0 Å². The van der Waals surface area contributed by atoms with E-state index in [9.17, 15) is 9.18 Å². The third-order valence-corrected chi connectivity index (χ3v) is 2.92. The van der Waals surface area contributed by atoms with E-state index >= 15 is 0 Å². The predicted molar refractivity (Wildman–Crippen MR) is 76.0 cm³/mol. The van der Waals surface area contributed by atoms with Crippen molar-refractivity contribution in [2.75, 3.05) is 19.4 Å². The number of amides is 1. The molecule has 0 fully saturated rings. The standard InChI is InChI=1S/C15H16FN3O/c1-17-13-6-7-18-14(9-13)15(20)19(2)10-11-4-3-5-12(16)8-11/h3-9H,10H2,1-2H3,(H,17,18). The molecule has 104 valence electrons. The van der Waals surface area contributed by atoms with Crippen LogP contribution >= 0.6 is 0 Å². The summed E-state index contributed by atoms with van der Waals surface area (Å²) in [4.78, 5) is 17.8. The second-order valence-corrected chi connectivity index (χ2v) is 4.47. The molecule has 1 amide bonds. The molecule has 1 aromatic carbocycles. The number of carbonyl (C=O) groups excluding carboxylic acids is 1. The van der Waals surface area contributed by atoms with Crippen molar-refractivity contribution in [1.82, 2.24) is 9.88 Å². The van der Waals surface area contributed by atoms with E-state index in [1.165, 1.54) is 17.0 Å². The molecule has 0 spiro atoms. The van der Waals surface area contributed by atoms with Crippen LogP contribution < -0.4 is 5.32 Å². The summed E-state index contributed by atoms with van der Waals surface area (Å²) in [5.74, 6) is -0.509. The first-order valence-electron chi connectivity index (χ1n) is 6.24. The fourth-order valence-corrected chi connectivity index (χ4v) is 1.88. The number of pyridine rings is 1. The minimum atomic E-state index is -0.307. The molecule has 0 aliphatic rings. The Hall–Kier alpha value is -2.43. The second kappa shape index (κ2) is 6.14. The van der Waals surface area contributed by atoms with Crippen molar-refractivity contribution >= 4 is 11.6 Å². The quantitative estimate of drug-likeness (QED) is 0.931. The van der Waals surface area contributed by atoms with E-state index < -0.39 is 0 Å². The Bertz CT molecular complexity index is 616. The molecule has 2 rings (SSSR count). The van der Waals surface area contributed by atoms with Crippen LogP contribution in [0.2, 0.25) is 0 Å². The van der Waals surface area contributed by atoms with Crippen LogP contribution in [0.25, 0.3) is 0 Å². The minimum absolute atomic E-state index is 0.202. The van der Waals surface area contributed by atoms with E-state index in [1.54, 1.807) is 44.6 Å². The third kappa shape index (κ3) is 3.32. The highest BCUT2D eigenvalue weighted by molar-refractivity contribution is 5.92. The van der Waals surface area contributed by atoms with E-state index in [0.717, 1.165) is 11.3 Å². The molecule has 0 bridgehead atoms. The fourth-order valence-electron chi connectivity index (χ4n) is 1.88. The van der Waals surface area contributed by atoms with Crippen LogP contribution in [0.3, 0.4) is 0 Å². The number of hydrogen-bond donors (Lipinski definition) is 1. The van der Waals surface area contributed by atoms with Gasteiger partial charge in [0, 0.05) is 32.5 Å². The van der Waals surface area contributed by atoms with Gasteiger partial charge in [-0.15, -0.1) is 0 Å². The summed E-state index contributed by atoms with van der Waals surface area (Å²) in [6, 6.07) is 9.67. The highest BCUT2D eigenvalue weighted by Crippen LogP contribution is 2.11. The van der Waals surface area contributed by atoms with Crippen molar-refractivity contribution in [1.29, 1.82) is 0 Å². The number of anilines is 1. The number of hydrogen-bond acceptors (Lipinski definition) is 3. The molecule has 5 heteroatoms. The Morgan fingerprint density at radius 3 is 2.85 bits per heavy atom. The lowest BCUT2D eigenvalue weighted by molar-refractivity contribution is 0.0779. The predicted octanol–water partition coefficient (Wildman–Crippen LogP) is 2.53. The average Bonchev–Trinajstić information content (AvgIpc) is 2.46. The molecule has 0 aliphatic heterocycles. The van der Waals surface area contributed by atoms with Crippen LogP contribution in [0.15, 0.2) is 42.6 Å². The van der Waals surface area contributed by atoms with Gasteiger partial charge >= 0.3 is 0 Å². The van der Waals surface area contributed by atoms with E-state index in [1.807, 2.05) is 0 Å². The van der Waals surface area contributed by atoms with Gasteiger partial charge in [-0.05, 0) is 29.8 Å². The lowest BCUT2D eigenvalue weighted by atomic mass is 10.2. The molecule has 4 nitrogen and oxygen atoms in total. The van der Waals surface area contributed by atoms with Gasteiger partial charge in [-0.3, -0.25) is 9.78 Å². The third-order valence-electron chi connectivity index (χ3n) is 2.92. The monoisotopic (exact) mass is 273 g/mol. The number of halogens is 1. The first-order chi connectivity index (χ1) is 9.60. The molecule has 0 saturated heterocycles. The summed E-state index contributed by atoms with van der Waals surface area (Å²) in [5, 5.41) is 2.96. The Balaban J connectivity index is 2.12. The second-order valence-electron chi connectivity index (χ2n) is 4.47. The fraction of sp³-hybridized carbons (Fsp3) is 0.200. The number of aromatic nitrogens is 1. The highest BCUT2D eigenvalue weighted by Gasteiger charge is 2.14. The highest BCUT2D eigenvalue weighted by atomic mass is 19.1. The van der Waals surface area contributed by atoms with Crippen molar-refractivity contribution < 1.29 is 9.18 Å². The first-order valence-corrected chi connectivity index (χ1v) is 6.24. The van der Waals surface area contributed by atoms with Crippen LogP contribution in [0.5, 0.6) is 0 Å². The van der Waals surface area contributed by atoms with Gasteiger partial charge in [-0.25, -0.2) is 4.39 Å². The maximum absolute atomic E-state index is 13.1. The molecule has 2 aromatic rings. The van der Waals surface area contributed by atoms with Gasteiger partial charge in [0.05, 0.1) is 0 Å². The average molecular weight is 273 g/mol. The van der Waals surface area contributed by atoms with Crippen molar-refractivity contribution in [2.24, 2.45) is 0 Å². The SMILES string of the molecule is CNc1ccnc(C(=O)N(C)Cc2cccc(F)c2)c1. The van der Waals surface area contributed by atoms with Gasteiger partial charge in [-0.2, -0.15) is 0 Å². The van der Waals surface area contributed by atoms with Crippen molar-refractivity contribution in [2.45, 2.75) is 6.54 Å². The molecule has 0 saturated carbocycles. The normalized spacial score (nSPS) is 10.2. The first kappa shape index (κ1) is 14.0. The van der Waals surface area contributed by atoms with E-state index in [2.05, 4.69) is 10.3 Å². The van der Waals surface area contributed by atoms with Crippen LogP contribution in [0, 0.1) is 5.82 Å². The number of rotatable bonds is 4. The molecule has 1 N–H and O–H groups in total. The van der Waals surface area contributed by atoms with E-state index in [0.29, 0.717) is 12.2 Å². The maximum Gasteiger partial charge on any atom is 0.272 e. The van der Waals surface area contributed by atoms with Crippen molar-refractivity contribution in [3.8, 4) is 0 Å². The molecule has 1 heterocycles. The van der Waals surface area contributed by atoms with Gasteiger partial charge < -0.3 is 10.2 Å². The molecule has 0 aliphatic carbocycles. The zero-order valence-electron chi connectivity index (χ0n) is 11.4. The molecular weight excluding hydrogens is 257 g/mol. The van der Waals surface area contributed by atoms with Crippen molar-refractivity contribution in [3.63, 3.8) is 0 Å². The van der Waals surface area contributed by atoms with Gasteiger partial charge in [-0.1, -0.05) is 12.1 Å². The topological polar surface area (TPSA) is 45.2 Å². The summed E-state index contributed by atoms with van der Waals surface area (Å²) in [6.45, 7) is 0.335. The van der Waals surface area contributed by atoms with Crippen LogP contribution in [-0.2, 0) is 6.54 Å². The molecule has 0 radical (unpaired) electrons. The molecule has 0 unspecified atom stereocenters. The lowest BCUT2D eigenvalue weighted by Crippen LogP contribution is -2.27. The number of benzene rings is 1. The zero-order chi connectivity index (χ0) is 14.5. The minimum Gasteiger partial charge on any atom is -0.388 e. The van der Waals surface area contributed by atoms with Crippen LogP contribution in [0.4, 0.5) is 10.1 Å². The molecular formula is C15H16FN3O. The Labute approximate surface area is 117 Å². The van der Waals surface area contributed by atoms with Gasteiger partial charge in [0.2, 0.25) is 0 Å². The number of nitrogens with zero attached hydrogens (tertiary/aromatic N) is 2. The summed E-state index contributed by atoms with van der Waals surface area (Å²) in [5.41, 5.74) is 1.92. The number of nitrogens with one attached hydrogen (secondary N) is 1. The molecule has 1 aromatic heterocycles. The molecule has 20 heavy (non-hydrogen) atoms. The van der Waals surface area contributed by atoms with E-state index in [-0.39, 0.29) is 11.7 Å². The van der Waals surface area contributed by atoms with Crippen LogP contribution in [-0.4, -0.2) is 29.9 Å². The maximum atomic E-state index is 13.1. The van der Waals surface area contributed by atoms with Crippen molar-refractivity contribution in [3.05, 3.63) is 59.7 Å². The number of carbonyl (C=O) groups is 1. The summed E-state index contributed by atoms with van der Waals surface area (Å²) in [7, 11) is 3.45. The zero-order valence-corrected chi connectivity index (χ0v) is 11.4. The smallest absolute Gasteiger partial charge is 0.272 e.